The Morgan fingerprint density at radius 3 is 2.67 bits per heavy atom. The van der Waals surface area contributed by atoms with E-state index in [-0.39, 0.29) is 11.3 Å². The summed E-state index contributed by atoms with van der Waals surface area (Å²) in [6.45, 7) is 10.2. The van der Waals surface area contributed by atoms with Gasteiger partial charge in [-0.1, -0.05) is 49.4 Å². The maximum absolute atomic E-state index is 13.0. The second-order valence-corrected chi connectivity index (χ2v) is 7.48. The fraction of sp³-hybridized carbons (Fsp3) is 0.280. The molecule has 1 heterocycles. The molecule has 0 spiro atoms. The lowest BCUT2D eigenvalue weighted by Gasteiger charge is -2.25. The van der Waals surface area contributed by atoms with Crippen molar-refractivity contribution in [3.05, 3.63) is 82.9 Å². The SMILES string of the molecule is C=CCOc1cccc(C2/C(=C(\O)c3cc(C)ccc3C)C(=O)C(=O)N2CCC)c1. The van der Waals surface area contributed by atoms with E-state index in [1.165, 1.54) is 4.90 Å². The predicted molar refractivity (Wildman–Crippen MR) is 117 cm³/mol. The summed E-state index contributed by atoms with van der Waals surface area (Å²) >= 11 is 0. The molecule has 0 bridgehead atoms. The number of aryl methyl sites for hydroxylation is 2. The molecule has 3 rings (SSSR count). The highest BCUT2D eigenvalue weighted by Gasteiger charge is 2.45. The fourth-order valence-corrected chi connectivity index (χ4v) is 3.76. The van der Waals surface area contributed by atoms with Crippen LogP contribution in [0.5, 0.6) is 5.75 Å². The van der Waals surface area contributed by atoms with E-state index in [1.54, 1.807) is 12.1 Å². The van der Waals surface area contributed by atoms with Crippen LogP contribution in [-0.4, -0.2) is 34.8 Å². The van der Waals surface area contributed by atoms with Gasteiger partial charge in [-0.15, -0.1) is 0 Å². The lowest BCUT2D eigenvalue weighted by molar-refractivity contribution is -0.139. The fourth-order valence-electron chi connectivity index (χ4n) is 3.76. The van der Waals surface area contributed by atoms with Crippen LogP contribution in [0.4, 0.5) is 0 Å². The zero-order valence-electron chi connectivity index (χ0n) is 17.6. The van der Waals surface area contributed by atoms with Crippen molar-refractivity contribution in [3.8, 4) is 5.75 Å². The molecule has 1 atom stereocenters. The average molecular weight is 405 g/mol. The Morgan fingerprint density at radius 1 is 1.20 bits per heavy atom. The van der Waals surface area contributed by atoms with Gasteiger partial charge in [0.05, 0.1) is 11.6 Å². The zero-order chi connectivity index (χ0) is 21.8. The van der Waals surface area contributed by atoms with Gasteiger partial charge in [-0.3, -0.25) is 9.59 Å². The van der Waals surface area contributed by atoms with Gasteiger partial charge in [0.1, 0.15) is 18.1 Å². The Bertz CT molecular complexity index is 1020. The third-order valence-corrected chi connectivity index (χ3v) is 5.19. The molecule has 5 heteroatoms. The van der Waals surface area contributed by atoms with Crippen LogP contribution in [0, 0.1) is 13.8 Å². The number of ether oxygens (including phenoxy) is 1. The molecule has 1 aliphatic rings. The van der Waals surface area contributed by atoms with Gasteiger partial charge in [0.15, 0.2) is 0 Å². The van der Waals surface area contributed by atoms with E-state index < -0.39 is 17.7 Å². The molecule has 2 aromatic carbocycles. The number of rotatable bonds is 7. The zero-order valence-corrected chi connectivity index (χ0v) is 17.6. The molecule has 0 aliphatic carbocycles. The minimum absolute atomic E-state index is 0.114. The van der Waals surface area contributed by atoms with Crippen LogP contribution < -0.4 is 4.74 Å². The Labute approximate surface area is 177 Å². The van der Waals surface area contributed by atoms with Gasteiger partial charge in [-0.05, 0) is 49.6 Å². The van der Waals surface area contributed by atoms with Crippen molar-refractivity contribution in [3.63, 3.8) is 0 Å². The molecule has 2 aromatic rings. The first kappa shape index (κ1) is 21.4. The molecule has 1 aliphatic heterocycles. The molecular formula is C25H27NO4. The van der Waals surface area contributed by atoms with Crippen LogP contribution in [0.2, 0.25) is 0 Å². The Balaban J connectivity index is 2.19. The van der Waals surface area contributed by atoms with E-state index in [4.69, 9.17) is 4.74 Å². The first-order valence-corrected chi connectivity index (χ1v) is 10.1. The van der Waals surface area contributed by atoms with Crippen LogP contribution in [0.1, 0.15) is 41.6 Å². The molecule has 1 amide bonds. The van der Waals surface area contributed by atoms with E-state index in [1.807, 2.05) is 57.2 Å². The van der Waals surface area contributed by atoms with Crippen LogP contribution in [-0.2, 0) is 9.59 Å². The molecule has 5 nitrogen and oxygen atoms in total. The average Bonchev–Trinajstić information content (AvgIpc) is 2.99. The minimum Gasteiger partial charge on any atom is -0.507 e. The van der Waals surface area contributed by atoms with Gasteiger partial charge in [-0.25, -0.2) is 0 Å². The second-order valence-electron chi connectivity index (χ2n) is 7.48. The van der Waals surface area contributed by atoms with Crippen molar-refractivity contribution in [2.24, 2.45) is 0 Å². The Hall–Kier alpha value is -3.34. The molecule has 0 radical (unpaired) electrons. The molecule has 0 saturated carbocycles. The largest absolute Gasteiger partial charge is 0.507 e. The molecule has 1 saturated heterocycles. The maximum atomic E-state index is 13.0. The number of carbonyl (C=O) groups is 2. The summed E-state index contributed by atoms with van der Waals surface area (Å²) in [5, 5.41) is 11.2. The van der Waals surface area contributed by atoms with Crippen molar-refractivity contribution in [1.82, 2.24) is 4.90 Å². The number of nitrogens with zero attached hydrogens (tertiary/aromatic N) is 1. The van der Waals surface area contributed by atoms with E-state index in [0.717, 1.165) is 16.7 Å². The smallest absolute Gasteiger partial charge is 0.295 e. The third kappa shape index (κ3) is 4.01. The lowest BCUT2D eigenvalue weighted by atomic mass is 9.93. The van der Waals surface area contributed by atoms with Gasteiger partial charge in [0.25, 0.3) is 11.7 Å². The number of aliphatic hydroxyl groups is 1. The van der Waals surface area contributed by atoms with Crippen LogP contribution in [0.25, 0.3) is 5.76 Å². The van der Waals surface area contributed by atoms with E-state index in [0.29, 0.717) is 30.9 Å². The summed E-state index contributed by atoms with van der Waals surface area (Å²) in [6, 6.07) is 12.3. The molecule has 156 valence electrons. The summed E-state index contributed by atoms with van der Waals surface area (Å²) in [5.74, 6) is -0.785. The highest BCUT2D eigenvalue weighted by molar-refractivity contribution is 6.46. The summed E-state index contributed by atoms with van der Waals surface area (Å²) < 4.78 is 5.63. The number of amides is 1. The maximum Gasteiger partial charge on any atom is 0.295 e. The molecular weight excluding hydrogens is 378 g/mol. The first-order valence-electron chi connectivity index (χ1n) is 10.1. The van der Waals surface area contributed by atoms with Crippen molar-refractivity contribution < 1.29 is 19.4 Å². The lowest BCUT2D eigenvalue weighted by Crippen LogP contribution is -2.30. The number of ketones is 1. The number of Topliss-reactive ketones (excluding diaryl/α,β-unsaturated/α-hetero) is 1. The van der Waals surface area contributed by atoms with Gasteiger partial charge >= 0.3 is 0 Å². The molecule has 1 N–H and O–H groups in total. The first-order chi connectivity index (χ1) is 14.4. The monoisotopic (exact) mass is 405 g/mol. The third-order valence-electron chi connectivity index (χ3n) is 5.19. The number of carbonyl (C=O) groups excluding carboxylic acids is 2. The van der Waals surface area contributed by atoms with E-state index in [9.17, 15) is 14.7 Å². The van der Waals surface area contributed by atoms with Gasteiger partial charge in [-0.2, -0.15) is 0 Å². The van der Waals surface area contributed by atoms with Gasteiger partial charge in [0, 0.05) is 12.1 Å². The topological polar surface area (TPSA) is 66.8 Å². The number of hydrogen-bond acceptors (Lipinski definition) is 4. The number of benzene rings is 2. The van der Waals surface area contributed by atoms with Crippen molar-refractivity contribution in [2.45, 2.75) is 33.2 Å². The van der Waals surface area contributed by atoms with Crippen LogP contribution >= 0.6 is 0 Å². The minimum atomic E-state index is -0.669. The summed E-state index contributed by atoms with van der Waals surface area (Å²) in [6.07, 6.45) is 2.34. The summed E-state index contributed by atoms with van der Waals surface area (Å²) in [5.41, 5.74) is 3.19. The van der Waals surface area contributed by atoms with E-state index in [2.05, 4.69) is 6.58 Å². The van der Waals surface area contributed by atoms with Gasteiger partial charge in [0.2, 0.25) is 0 Å². The van der Waals surface area contributed by atoms with Crippen molar-refractivity contribution >= 4 is 17.4 Å². The van der Waals surface area contributed by atoms with E-state index >= 15 is 0 Å². The highest BCUT2D eigenvalue weighted by Crippen LogP contribution is 2.40. The normalized spacial score (nSPS) is 18.0. The standard InChI is InChI=1S/C25H27NO4/c1-5-12-26-22(18-8-7-9-19(15-18)30-13-6-2)21(24(28)25(26)29)23(27)20-14-16(3)10-11-17(20)4/h6-11,14-15,22,27H,2,5,12-13H2,1,3-4H3/b23-21+. The quantitative estimate of drug-likeness (QED) is 0.314. The van der Waals surface area contributed by atoms with Crippen LogP contribution in [0.15, 0.2) is 60.7 Å². The molecule has 1 fully saturated rings. The number of aliphatic hydroxyl groups excluding tert-OH is 1. The van der Waals surface area contributed by atoms with Crippen LogP contribution in [0.3, 0.4) is 0 Å². The molecule has 1 unspecified atom stereocenters. The van der Waals surface area contributed by atoms with Crippen molar-refractivity contribution in [2.75, 3.05) is 13.2 Å². The van der Waals surface area contributed by atoms with Crippen molar-refractivity contribution in [1.29, 1.82) is 0 Å². The predicted octanol–water partition coefficient (Wildman–Crippen LogP) is 4.70. The molecule has 0 aromatic heterocycles. The number of likely N-dealkylation sites (tertiary alicyclic amines) is 1. The Morgan fingerprint density at radius 2 is 1.97 bits per heavy atom. The second kappa shape index (κ2) is 8.99. The summed E-state index contributed by atoms with van der Waals surface area (Å²) in [4.78, 5) is 27.3. The molecule has 30 heavy (non-hydrogen) atoms. The summed E-state index contributed by atoms with van der Waals surface area (Å²) in [7, 11) is 0. The van der Waals surface area contributed by atoms with Gasteiger partial charge < -0.3 is 14.7 Å². The number of hydrogen-bond donors (Lipinski definition) is 1. The Kier molecular flexibility index (Phi) is 6.40. The highest BCUT2D eigenvalue weighted by atomic mass is 16.5.